The minimum Gasteiger partial charge on any atom is -0.462 e. The number of fused-ring (bicyclic) bond motifs is 5. The zero-order valence-corrected chi connectivity index (χ0v) is 18.0. The highest BCUT2D eigenvalue weighted by molar-refractivity contribution is 5.90. The van der Waals surface area contributed by atoms with Crippen LogP contribution in [0.3, 0.4) is 0 Å². The van der Waals surface area contributed by atoms with Crippen molar-refractivity contribution in [3.63, 3.8) is 0 Å². The van der Waals surface area contributed by atoms with Crippen LogP contribution in [0.1, 0.15) is 85.5 Å². The van der Waals surface area contributed by atoms with Crippen LogP contribution in [0.5, 0.6) is 0 Å². The van der Waals surface area contributed by atoms with Crippen LogP contribution in [0.25, 0.3) is 0 Å². The van der Waals surface area contributed by atoms with Gasteiger partial charge in [-0.2, -0.15) is 0 Å². The van der Waals surface area contributed by atoms with Crippen LogP contribution in [0, 0.1) is 40.4 Å². The standard InChI is InChI=1S/C24H36O4/c1-5-22(27)28-14(2)17-6-7-18-16-13-21(26)20-12-15(25)8-10-24(20,4)19(16)9-11-23(17,18)3/h14,16-20H,5-13H2,1-4H3/t14-,16-,17+,18-,19-,20-,23+,24+/m0/s1. The predicted octanol–water partition coefficient (Wildman–Crippen LogP) is 4.74. The van der Waals surface area contributed by atoms with E-state index in [9.17, 15) is 14.4 Å². The Hall–Kier alpha value is -1.19. The Balaban J connectivity index is 1.58. The molecule has 0 aromatic rings. The molecule has 0 aromatic carbocycles. The molecule has 0 spiro atoms. The highest BCUT2D eigenvalue weighted by Crippen LogP contribution is 2.67. The quantitative estimate of drug-likeness (QED) is 0.656. The topological polar surface area (TPSA) is 60.4 Å². The number of ether oxygens (including phenoxy) is 1. The van der Waals surface area contributed by atoms with Crippen LogP contribution < -0.4 is 0 Å². The average molecular weight is 389 g/mol. The predicted molar refractivity (Wildman–Crippen MR) is 106 cm³/mol. The van der Waals surface area contributed by atoms with Crippen molar-refractivity contribution in [2.24, 2.45) is 40.4 Å². The molecular weight excluding hydrogens is 352 g/mol. The molecule has 156 valence electrons. The van der Waals surface area contributed by atoms with Crippen molar-refractivity contribution in [1.29, 1.82) is 0 Å². The lowest BCUT2D eigenvalue weighted by Gasteiger charge is -2.59. The molecule has 0 N–H and O–H groups in total. The summed E-state index contributed by atoms with van der Waals surface area (Å²) in [5.41, 5.74) is 0.163. The summed E-state index contributed by atoms with van der Waals surface area (Å²) in [4.78, 5) is 37.0. The highest BCUT2D eigenvalue weighted by atomic mass is 16.5. The molecule has 0 heterocycles. The van der Waals surface area contributed by atoms with Crippen molar-refractivity contribution < 1.29 is 19.1 Å². The normalized spacial score (nSPS) is 46.4. The third kappa shape index (κ3) is 2.89. The number of hydrogen-bond acceptors (Lipinski definition) is 4. The molecule has 4 nitrogen and oxygen atoms in total. The minimum absolute atomic E-state index is 0.00756. The van der Waals surface area contributed by atoms with E-state index in [0.29, 0.717) is 55.1 Å². The molecule has 4 aliphatic carbocycles. The molecule has 0 radical (unpaired) electrons. The molecule has 4 rings (SSSR count). The van der Waals surface area contributed by atoms with Crippen molar-refractivity contribution in [1.82, 2.24) is 0 Å². The number of ketones is 2. The largest absolute Gasteiger partial charge is 0.462 e. The molecule has 4 aliphatic rings. The molecule has 4 heteroatoms. The molecule has 0 unspecified atom stereocenters. The van der Waals surface area contributed by atoms with Gasteiger partial charge in [0.2, 0.25) is 0 Å². The molecule has 0 aliphatic heterocycles. The van der Waals surface area contributed by atoms with E-state index in [1.54, 1.807) is 0 Å². The lowest BCUT2D eigenvalue weighted by molar-refractivity contribution is -0.163. The maximum Gasteiger partial charge on any atom is 0.305 e. The molecule has 0 aromatic heterocycles. The Morgan fingerprint density at radius 2 is 1.79 bits per heavy atom. The van der Waals surface area contributed by atoms with E-state index in [2.05, 4.69) is 20.8 Å². The summed E-state index contributed by atoms with van der Waals surface area (Å²) in [5.74, 6) is 2.41. The lowest BCUT2D eigenvalue weighted by Crippen LogP contribution is -2.57. The maximum absolute atomic E-state index is 13.1. The van der Waals surface area contributed by atoms with Gasteiger partial charge in [-0.05, 0) is 67.6 Å². The Kier molecular flexibility index (Phi) is 4.99. The fraction of sp³-hybridized carbons (Fsp3) is 0.875. The lowest BCUT2D eigenvalue weighted by atomic mass is 9.44. The molecule has 4 saturated carbocycles. The van der Waals surface area contributed by atoms with Crippen LogP contribution >= 0.6 is 0 Å². The second kappa shape index (κ2) is 6.95. The molecule has 8 atom stereocenters. The van der Waals surface area contributed by atoms with Crippen LogP contribution in [0.2, 0.25) is 0 Å². The summed E-state index contributed by atoms with van der Waals surface area (Å²) >= 11 is 0. The minimum atomic E-state index is -0.108. The second-order valence-corrected chi connectivity index (χ2v) is 10.6. The summed E-state index contributed by atoms with van der Waals surface area (Å²) in [7, 11) is 0. The third-order valence-corrected chi connectivity index (χ3v) is 9.53. The number of Topliss-reactive ketones (excluding diaryl/α,β-unsaturated/α-hetero) is 2. The first-order valence-electron chi connectivity index (χ1n) is 11.4. The monoisotopic (exact) mass is 388 g/mol. The van der Waals surface area contributed by atoms with Crippen LogP contribution in [0.15, 0.2) is 0 Å². The van der Waals surface area contributed by atoms with Gasteiger partial charge in [-0.15, -0.1) is 0 Å². The van der Waals surface area contributed by atoms with Crippen molar-refractivity contribution >= 4 is 17.5 Å². The highest BCUT2D eigenvalue weighted by Gasteiger charge is 2.62. The van der Waals surface area contributed by atoms with Crippen LogP contribution in [0.4, 0.5) is 0 Å². The van der Waals surface area contributed by atoms with Gasteiger partial charge in [0.25, 0.3) is 0 Å². The van der Waals surface area contributed by atoms with Gasteiger partial charge < -0.3 is 4.74 Å². The number of hydrogen-bond donors (Lipinski definition) is 0. The summed E-state index contributed by atoms with van der Waals surface area (Å²) in [6.07, 6.45) is 7.60. The molecule has 0 bridgehead atoms. The van der Waals surface area contributed by atoms with Gasteiger partial charge >= 0.3 is 5.97 Å². The SMILES string of the molecule is CCC(=O)O[C@@H](C)[C@H]1CC[C@H]2[C@@H]3CC(=O)[C@@H]4CC(=O)CC[C@]4(C)[C@H]3CC[C@]12C. The molecule has 28 heavy (non-hydrogen) atoms. The first-order chi connectivity index (χ1) is 13.2. The van der Waals surface area contributed by atoms with E-state index in [4.69, 9.17) is 4.74 Å². The zero-order chi connectivity index (χ0) is 20.3. The summed E-state index contributed by atoms with van der Waals surface area (Å²) in [5, 5.41) is 0. The van der Waals surface area contributed by atoms with Gasteiger partial charge in [0, 0.05) is 37.5 Å². The van der Waals surface area contributed by atoms with Crippen molar-refractivity contribution in [2.45, 2.75) is 91.6 Å². The van der Waals surface area contributed by atoms with Crippen molar-refractivity contribution in [3.8, 4) is 0 Å². The average Bonchev–Trinajstić information content (AvgIpc) is 3.00. The number of carbonyl (C=O) groups excluding carboxylic acids is 3. The van der Waals surface area contributed by atoms with Gasteiger partial charge in [-0.1, -0.05) is 20.8 Å². The van der Waals surface area contributed by atoms with Crippen LogP contribution in [-0.2, 0) is 19.1 Å². The van der Waals surface area contributed by atoms with E-state index in [1.165, 1.54) is 0 Å². The van der Waals surface area contributed by atoms with Crippen molar-refractivity contribution in [2.75, 3.05) is 0 Å². The first kappa shape index (κ1) is 20.1. The first-order valence-corrected chi connectivity index (χ1v) is 11.4. The fourth-order valence-electron chi connectivity index (χ4n) is 8.02. The summed E-state index contributed by atoms with van der Waals surface area (Å²) in [6.45, 7) is 8.61. The Bertz CT molecular complexity index is 684. The smallest absolute Gasteiger partial charge is 0.305 e. The fourth-order valence-corrected chi connectivity index (χ4v) is 8.02. The number of carbonyl (C=O) groups is 3. The molecular formula is C24H36O4. The Labute approximate surface area is 169 Å². The second-order valence-electron chi connectivity index (χ2n) is 10.6. The number of esters is 1. The molecule has 4 fully saturated rings. The summed E-state index contributed by atoms with van der Waals surface area (Å²) < 4.78 is 5.73. The summed E-state index contributed by atoms with van der Waals surface area (Å²) in [6, 6.07) is 0. The molecule has 0 saturated heterocycles. The Morgan fingerprint density at radius 3 is 2.50 bits per heavy atom. The van der Waals surface area contributed by atoms with Gasteiger partial charge in [0.05, 0.1) is 0 Å². The van der Waals surface area contributed by atoms with Crippen LogP contribution in [-0.4, -0.2) is 23.6 Å². The van der Waals surface area contributed by atoms with E-state index < -0.39 is 0 Å². The zero-order valence-electron chi connectivity index (χ0n) is 18.0. The van der Waals surface area contributed by atoms with Gasteiger partial charge in [-0.25, -0.2) is 0 Å². The van der Waals surface area contributed by atoms with Gasteiger partial charge in [0.1, 0.15) is 17.7 Å². The third-order valence-electron chi connectivity index (χ3n) is 9.53. The maximum atomic E-state index is 13.1. The van der Waals surface area contributed by atoms with E-state index >= 15 is 0 Å². The van der Waals surface area contributed by atoms with E-state index in [0.717, 1.165) is 32.1 Å². The van der Waals surface area contributed by atoms with E-state index in [1.807, 2.05) is 6.92 Å². The number of rotatable bonds is 3. The van der Waals surface area contributed by atoms with E-state index in [-0.39, 0.29) is 34.6 Å². The van der Waals surface area contributed by atoms with Crippen molar-refractivity contribution in [3.05, 3.63) is 0 Å². The van der Waals surface area contributed by atoms with Gasteiger partial charge in [-0.3, -0.25) is 14.4 Å². The van der Waals surface area contributed by atoms with Gasteiger partial charge in [0.15, 0.2) is 0 Å². The Morgan fingerprint density at radius 1 is 1.07 bits per heavy atom. The molecule has 0 amide bonds.